The summed E-state index contributed by atoms with van der Waals surface area (Å²) in [5, 5.41) is 9.27. The van der Waals surface area contributed by atoms with Gasteiger partial charge in [-0.15, -0.1) is 0 Å². The molecule has 0 radical (unpaired) electrons. The Morgan fingerprint density at radius 3 is 2.86 bits per heavy atom. The number of ether oxygens (including phenoxy) is 1. The Kier molecular flexibility index (Phi) is 3.45. The summed E-state index contributed by atoms with van der Waals surface area (Å²) in [6, 6.07) is 7.80. The number of rotatable bonds is 2. The fraction of sp³-hybridized carbons (Fsp3) is 0.500. The summed E-state index contributed by atoms with van der Waals surface area (Å²) in [7, 11) is 0. The number of aliphatic carboxylic acids is 1. The van der Waals surface area contributed by atoms with Gasteiger partial charge in [0.15, 0.2) is 6.10 Å². The number of hydrogen-bond acceptors (Lipinski definition) is 3. The second-order valence-corrected chi connectivity index (χ2v) is 6.08. The molecule has 1 aromatic rings. The number of likely N-dealkylation sites (tertiary alicyclic amines) is 1. The normalized spacial score (nSPS) is 28.2. The van der Waals surface area contributed by atoms with E-state index in [2.05, 4.69) is 0 Å². The summed E-state index contributed by atoms with van der Waals surface area (Å²) in [4.78, 5) is 25.6. The molecule has 0 aromatic heterocycles. The summed E-state index contributed by atoms with van der Waals surface area (Å²) in [6.45, 7) is 2.95. The molecular weight excluding hydrogens is 270 g/mol. The predicted octanol–water partition coefficient (Wildman–Crippen LogP) is 1.62. The maximum absolute atomic E-state index is 12.7. The highest BCUT2D eigenvalue weighted by Crippen LogP contribution is 2.34. The zero-order valence-corrected chi connectivity index (χ0v) is 12.0. The lowest BCUT2D eigenvalue weighted by atomic mass is 9.90. The molecule has 2 heterocycles. The van der Waals surface area contributed by atoms with E-state index in [1.54, 1.807) is 11.8 Å². The van der Waals surface area contributed by atoms with Crippen molar-refractivity contribution < 1.29 is 19.4 Å². The number of carbonyl (C=O) groups excluding carboxylic acids is 1. The monoisotopic (exact) mass is 289 g/mol. The first kappa shape index (κ1) is 14.1. The van der Waals surface area contributed by atoms with Crippen molar-refractivity contribution >= 4 is 11.9 Å². The third-order valence-corrected chi connectivity index (χ3v) is 4.52. The smallest absolute Gasteiger partial charge is 0.311 e. The van der Waals surface area contributed by atoms with Crippen molar-refractivity contribution in [3.05, 3.63) is 35.4 Å². The minimum atomic E-state index is -0.845. The zero-order valence-electron chi connectivity index (χ0n) is 12.0. The molecule has 21 heavy (non-hydrogen) atoms. The van der Waals surface area contributed by atoms with Gasteiger partial charge < -0.3 is 14.7 Å². The molecule has 2 atom stereocenters. The van der Waals surface area contributed by atoms with Gasteiger partial charge >= 0.3 is 5.97 Å². The van der Waals surface area contributed by atoms with Gasteiger partial charge in [0.25, 0.3) is 5.91 Å². The topological polar surface area (TPSA) is 66.8 Å². The van der Waals surface area contributed by atoms with Crippen molar-refractivity contribution in [3.8, 4) is 0 Å². The van der Waals surface area contributed by atoms with Crippen LogP contribution in [-0.2, 0) is 20.7 Å². The quantitative estimate of drug-likeness (QED) is 0.898. The van der Waals surface area contributed by atoms with Gasteiger partial charge in [-0.05, 0) is 30.9 Å². The Balaban J connectivity index is 1.80. The Labute approximate surface area is 123 Å². The summed E-state index contributed by atoms with van der Waals surface area (Å²) >= 11 is 0. The molecule has 1 aromatic carbocycles. The SMILES string of the molecule is C[C@]1(C(=O)O)CCN(C(=O)[C@H]2OCCc3ccccc32)C1. The number of benzene rings is 1. The van der Waals surface area contributed by atoms with Crippen LogP contribution in [0.15, 0.2) is 24.3 Å². The molecule has 0 saturated carbocycles. The fourth-order valence-electron chi connectivity index (χ4n) is 3.09. The maximum Gasteiger partial charge on any atom is 0.311 e. The lowest BCUT2D eigenvalue weighted by Gasteiger charge is -2.29. The molecule has 1 N–H and O–H groups in total. The summed E-state index contributed by atoms with van der Waals surface area (Å²) in [5.74, 6) is -0.963. The number of fused-ring (bicyclic) bond motifs is 1. The zero-order chi connectivity index (χ0) is 15.0. The van der Waals surface area contributed by atoms with Crippen molar-refractivity contribution in [1.29, 1.82) is 0 Å². The van der Waals surface area contributed by atoms with Crippen LogP contribution in [0.5, 0.6) is 0 Å². The standard InChI is InChI=1S/C16H19NO4/c1-16(15(19)20)7-8-17(10-16)14(18)13-12-5-3-2-4-11(12)6-9-21-13/h2-5,13H,6-10H2,1H3,(H,19,20)/t13-,16-/m0/s1. The minimum absolute atomic E-state index is 0.118. The Morgan fingerprint density at radius 2 is 2.14 bits per heavy atom. The highest BCUT2D eigenvalue weighted by molar-refractivity contribution is 5.85. The summed E-state index contributed by atoms with van der Waals surface area (Å²) in [6.07, 6.45) is 0.709. The van der Waals surface area contributed by atoms with Gasteiger partial charge in [0, 0.05) is 13.1 Å². The van der Waals surface area contributed by atoms with Gasteiger partial charge in [-0.2, -0.15) is 0 Å². The molecule has 3 rings (SSSR count). The highest BCUT2D eigenvalue weighted by Gasteiger charge is 2.44. The van der Waals surface area contributed by atoms with E-state index in [4.69, 9.17) is 4.74 Å². The molecule has 2 aliphatic heterocycles. The van der Waals surface area contributed by atoms with Gasteiger partial charge in [0.1, 0.15) is 0 Å². The van der Waals surface area contributed by atoms with E-state index in [1.807, 2.05) is 24.3 Å². The third-order valence-electron chi connectivity index (χ3n) is 4.52. The molecule has 0 aliphatic carbocycles. The molecule has 0 unspecified atom stereocenters. The second-order valence-electron chi connectivity index (χ2n) is 6.08. The van der Waals surface area contributed by atoms with Crippen LogP contribution in [0.3, 0.4) is 0 Å². The van der Waals surface area contributed by atoms with E-state index in [1.165, 1.54) is 0 Å². The summed E-state index contributed by atoms with van der Waals surface area (Å²) < 4.78 is 5.67. The van der Waals surface area contributed by atoms with E-state index in [0.717, 1.165) is 17.5 Å². The van der Waals surface area contributed by atoms with Crippen LogP contribution in [0, 0.1) is 5.41 Å². The molecule has 1 amide bonds. The van der Waals surface area contributed by atoms with Crippen molar-refractivity contribution in [2.24, 2.45) is 5.41 Å². The van der Waals surface area contributed by atoms with Gasteiger partial charge in [-0.25, -0.2) is 0 Å². The van der Waals surface area contributed by atoms with Crippen LogP contribution < -0.4 is 0 Å². The molecule has 1 saturated heterocycles. The van der Waals surface area contributed by atoms with Crippen LogP contribution in [0.2, 0.25) is 0 Å². The molecule has 0 spiro atoms. The van der Waals surface area contributed by atoms with E-state index >= 15 is 0 Å². The summed E-state index contributed by atoms with van der Waals surface area (Å²) in [5.41, 5.74) is 1.21. The average Bonchev–Trinajstić information content (AvgIpc) is 2.90. The number of hydrogen-bond donors (Lipinski definition) is 1. The molecule has 2 aliphatic rings. The lowest BCUT2D eigenvalue weighted by Crippen LogP contribution is -2.39. The van der Waals surface area contributed by atoms with Crippen LogP contribution in [0.4, 0.5) is 0 Å². The first-order valence-electron chi connectivity index (χ1n) is 7.23. The van der Waals surface area contributed by atoms with E-state index in [-0.39, 0.29) is 12.5 Å². The fourth-order valence-corrected chi connectivity index (χ4v) is 3.09. The van der Waals surface area contributed by atoms with Crippen molar-refractivity contribution in [2.45, 2.75) is 25.9 Å². The second kappa shape index (κ2) is 5.15. The van der Waals surface area contributed by atoms with Crippen LogP contribution in [0.1, 0.15) is 30.6 Å². The molecule has 5 nitrogen and oxygen atoms in total. The van der Waals surface area contributed by atoms with E-state index < -0.39 is 17.5 Å². The highest BCUT2D eigenvalue weighted by atomic mass is 16.5. The van der Waals surface area contributed by atoms with Crippen LogP contribution in [-0.4, -0.2) is 41.6 Å². The minimum Gasteiger partial charge on any atom is -0.481 e. The van der Waals surface area contributed by atoms with Gasteiger partial charge in [-0.3, -0.25) is 9.59 Å². The first-order chi connectivity index (χ1) is 10.0. The largest absolute Gasteiger partial charge is 0.481 e. The van der Waals surface area contributed by atoms with Gasteiger partial charge in [0.05, 0.1) is 12.0 Å². The number of carboxylic acid groups (broad SMARTS) is 1. The van der Waals surface area contributed by atoms with E-state index in [9.17, 15) is 14.7 Å². The molecule has 112 valence electrons. The van der Waals surface area contributed by atoms with Crippen molar-refractivity contribution in [3.63, 3.8) is 0 Å². The number of nitrogens with zero attached hydrogens (tertiary/aromatic N) is 1. The Morgan fingerprint density at radius 1 is 1.38 bits per heavy atom. The first-order valence-corrected chi connectivity index (χ1v) is 7.23. The molecule has 1 fully saturated rings. The molecular formula is C16H19NO4. The number of carbonyl (C=O) groups is 2. The number of amides is 1. The van der Waals surface area contributed by atoms with Gasteiger partial charge in [0.2, 0.25) is 0 Å². The third kappa shape index (κ3) is 2.42. The van der Waals surface area contributed by atoms with Gasteiger partial charge in [-0.1, -0.05) is 24.3 Å². The van der Waals surface area contributed by atoms with Crippen molar-refractivity contribution in [1.82, 2.24) is 4.90 Å². The van der Waals surface area contributed by atoms with E-state index in [0.29, 0.717) is 19.6 Å². The number of carboxylic acids is 1. The Bertz CT molecular complexity index is 585. The van der Waals surface area contributed by atoms with Crippen LogP contribution in [0.25, 0.3) is 0 Å². The molecule has 5 heteroatoms. The van der Waals surface area contributed by atoms with Crippen LogP contribution >= 0.6 is 0 Å². The maximum atomic E-state index is 12.7. The van der Waals surface area contributed by atoms with Crippen molar-refractivity contribution in [2.75, 3.05) is 19.7 Å². The average molecular weight is 289 g/mol. The lowest BCUT2D eigenvalue weighted by molar-refractivity contribution is -0.149. The Hall–Kier alpha value is -1.88. The molecule has 0 bridgehead atoms. The predicted molar refractivity (Wildman–Crippen MR) is 75.8 cm³/mol.